The predicted octanol–water partition coefficient (Wildman–Crippen LogP) is 2.49. The van der Waals surface area contributed by atoms with E-state index in [2.05, 4.69) is 30.1 Å². The van der Waals surface area contributed by atoms with E-state index < -0.39 is 0 Å². The number of benzene rings is 1. The molecule has 0 atom stereocenters. The van der Waals surface area contributed by atoms with E-state index >= 15 is 0 Å². The van der Waals surface area contributed by atoms with Crippen LogP contribution in [0.1, 0.15) is 36.8 Å². The van der Waals surface area contributed by atoms with Crippen molar-refractivity contribution in [2.24, 2.45) is 5.73 Å². The molecular formula is C15H22N2. The summed E-state index contributed by atoms with van der Waals surface area (Å²) < 4.78 is 0. The molecule has 92 valence electrons. The predicted molar refractivity (Wildman–Crippen MR) is 72.5 cm³/mol. The monoisotopic (exact) mass is 230 g/mol. The van der Waals surface area contributed by atoms with Crippen molar-refractivity contribution in [3.63, 3.8) is 0 Å². The van der Waals surface area contributed by atoms with Gasteiger partial charge in [0.05, 0.1) is 0 Å². The highest BCUT2D eigenvalue weighted by Gasteiger charge is 2.37. The van der Waals surface area contributed by atoms with E-state index in [0.29, 0.717) is 0 Å². The van der Waals surface area contributed by atoms with Gasteiger partial charge in [0.15, 0.2) is 0 Å². The lowest BCUT2D eigenvalue weighted by molar-refractivity contribution is 0.604. The lowest BCUT2D eigenvalue weighted by Crippen LogP contribution is -2.26. The summed E-state index contributed by atoms with van der Waals surface area (Å²) in [6, 6.07) is 6.75. The van der Waals surface area contributed by atoms with Gasteiger partial charge in [0.1, 0.15) is 0 Å². The first-order valence-corrected chi connectivity index (χ1v) is 6.79. The molecule has 1 saturated carbocycles. The summed E-state index contributed by atoms with van der Waals surface area (Å²) >= 11 is 0. The molecule has 0 spiro atoms. The number of hydrogen-bond donors (Lipinski definition) is 1. The van der Waals surface area contributed by atoms with Crippen molar-refractivity contribution in [3.8, 4) is 0 Å². The molecule has 2 N–H and O–H groups in total. The van der Waals surface area contributed by atoms with Crippen molar-refractivity contribution in [3.05, 3.63) is 29.3 Å². The molecule has 0 saturated heterocycles. The minimum absolute atomic E-state index is 0.184. The Labute approximate surface area is 104 Å². The standard InChI is InChI=1S/C15H22N2/c1-17-11-3-5-13-12(4-2-6-14(13)17)7-8-15(16)9-10-15/h2,4,6H,3,5,7-11,16H2,1H3. The zero-order chi connectivity index (χ0) is 11.9. The third-order valence-corrected chi connectivity index (χ3v) is 4.36. The van der Waals surface area contributed by atoms with Gasteiger partial charge in [-0.1, -0.05) is 12.1 Å². The Kier molecular flexibility index (Phi) is 2.62. The molecule has 3 rings (SSSR count). The maximum Gasteiger partial charge on any atom is 0.0398 e. The van der Waals surface area contributed by atoms with Crippen LogP contribution in [0.4, 0.5) is 5.69 Å². The molecule has 1 aliphatic carbocycles. The number of rotatable bonds is 3. The van der Waals surface area contributed by atoms with Gasteiger partial charge in [-0.25, -0.2) is 0 Å². The van der Waals surface area contributed by atoms with Crippen molar-refractivity contribution in [1.29, 1.82) is 0 Å². The number of anilines is 1. The van der Waals surface area contributed by atoms with Gasteiger partial charge in [0.2, 0.25) is 0 Å². The average Bonchev–Trinajstić information content (AvgIpc) is 3.06. The molecule has 0 amide bonds. The maximum atomic E-state index is 6.19. The molecule has 1 aliphatic heterocycles. The molecule has 1 aromatic rings. The number of hydrogen-bond acceptors (Lipinski definition) is 2. The highest BCUT2D eigenvalue weighted by Crippen LogP contribution is 2.38. The van der Waals surface area contributed by atoms with Crippen LogP contribution in [0.25, 0.3) is 0 Å². The highest BCUT2D eigenvalue weighted by atomic mass is 15.1. The van der Waals surface area contributed by atoms with E-state index in [9.17, 15) is 0 Å². The molecule has 0 aromatic heterocycles. The van der Waals surface area contributed by atoms with Crippen LogP contribution in [0.3, 0.4) is 0 Å². The summed E-state index contributed by atoms with van der Waals surface area (Å²) in [4.78, 5) is 2.39. The van der Waals surface area contributed by atoms with Crippen molar-refractivity contribution in [2.45, 2.75) is 44.1 Å². The topological polar surface area (TPSA) is 29.3 Å². The average molecular weight is 230 g/mol. The molecule has 17 heavy (non-hydrogen) atoms. The van der Waals surface area contributed by atoms with Crippen LogP contribution in [-0.4, -0.2) is 19.1 Å². The molecule has 1 fully saturated rings. The fraction of sp³-hybridized carbons (Fsp3) is 0.600. The van der Waals surface area contributed by atoms with E-state index in [0.717, 1.165) is 12.8 Å². The first-order chi connectivity index (χ1) is 8.18. The van der Waals surface area contributed by atoms with E-state index in [1.165, 1.54) is 43.5 Å². The van der Waals surface area contributed by atoms with Crippen LogP contribution in [0.5, 0.6) is 0 Å². The number of aryl methyl sites for hydroxylation is 1. The molecule has 2 heteroatoms. The van der Waals surface area contributed by atoms with Crippen LogP contribution < -0.4 is 10.6 Å². The van der Waals surface area contributed by atoms with E-state index in [4.69, 9.17) is 5.73 Å². The third kappa shape index (κ3) is 2.19. The maximum absolute atomic E-state index is 6.19. The molecule has 0 radical (unpaired) electrons. The first-order valence-electron chi connectivity index (χ1n) is 6.79. The Balaban J connectivity index is 1.81. The minimum Gasteiger partial charge on any atom is -0.374 e. The number of fused-ring (bicyclic) bond motifs is 1. The van der Waals surface area contributed by atoms with Gasteiger partial charge >= 0.3 is 0 Å². The van der Waals surface area contributed by atoms with Gasteiger partial charge in [-0.15, -0.1) is 0 Å². The SMILES string of the molecule is CN1CCCc2c(CCC3(N)CC3)cccc21. The van der Waals surface area contributed by atoms with Crippen LogP contribution in [-0.2, 0) is 12.8 Å². The van der Waals surface area contributed by atoms with Gasteiger partial charge in [-0.2, -0.15) is 0 Å². The largest absolute Gasteiger partial charge is 0.374 e. The highest BCUT2D eigenvalue weighted by molar-refractivity contribution is 5.58. The quantitative estimate of drug-likeness (QED) is 0.864. The Morgan fingerprint density at radius 3 is 2.94 bits per heavy atom. The van der Waals surface area contributed by atoms with Crippen molar-refractivity contribution in [2.75, 3.05) is 18.5 Å². The van der Waals surface area contributed by atoms with E-state index in [1.54, 1.807) is 5.56 Å². The van der Waals surface area contributed by atoms with Crippen LogP contribution in [0.15, 0.2) is 18.2 Å². The van der Waals surface area contributed by atoms with Gasteiger partial charge in [-0.05, 0) is 55.7 Å². The summed E-state index contributed by atoms with van der Waals surface area (Å²) in [7, 11) is 2.20. The second kappa shape index (κ2) is 4.02. The molecule has 2 nitrogen and oxygen atoms in total. The fourth-order valence-electron chi connectivity index (χ4n) is 2.91. The summed E-state index contributed by atoms with van der Waals surface area (Å²) in [5.74, 6) is 0. The lowest BCUT2D eigenvalue weighted by Gasteiger charge is -2.29. The first kappa shape index (κ1) is 11.1. The van der Waals surface area contributed by atoms with Crippen LogP contribution in [0, 0.1) is 0 Å². The minimum atomic E-state index is 0.184. The summed E-state index contributed by atoms with van der Waals surface area (Å²) in [5.41, 5.74) is 10.9. The van der Waals surface area contributed by atoms with Gasteiger partial charge in [0, 0.05) is 24.8 Å². The van der Waals surface area contributed by atoms with Gasteiger partial charge in [-0.3, -0.25) is 0 Å². The Morgan fingerprint density at radius 2 is 2.18 bits per heavy atom. The zero-order valence-corrected chi connectivity index (χ0v) is 10.7. The van der Waals surface area contributed by atoms with Gasteiger partial charge < -0.3 is 10.6 Å². The Hall–Kier alpha value is -1.02. The van der Waals surface area contributed by atoms with Crippen molar-refractivity contribution >= 4 is 5.69 Å². The smallest absolute Gasteiger partial charge is 0.0398 e. The fourth-order valence-corrected chi connectivity index (χ4v) is 2.91. The van der Waals surface area contributed by atoms with Crippen molar-refractivity contribution < 1.29 is 0 Å². The second-order valence-electron chi connectivity index (χ2n) is 5.80. The molecule has 1 heterocycles. The summed E-state index contributed by atoms with van der Waals surface area (Å²) in [6.07, 6.45) is 7.30. The molecule has 0 bridgehead atoms. The molecule has 0 unspecified atom stereocenters. The molecular weight excluding hydrogens is 208 g/mol. The van der Waals surface area contributed by atoms with E-state index in [-0.39, 0.29) is 5.54 Å². The number of nitrogens with two attached hydrogens (primary N) is 1. The Morgan fingerprint density at radius 1 is 1.35 bits per heavy atom. The van der Waals surface area contributed by atoms with Crippen molar-refractivity contribution in [1.82, 2.24) is 0 Å². The van der Waals surface area contributed by atoms with E-state index in [1.807, 2.05) is 0 Å². The Bertz CT molecular complexity index is 421. The van der Waals surface area contributed by atoms with Crippen LogP contribution in [0.2, 0.25) is 0 Å². The zero-order valence-electron chi connectivity index (χ0n) is 10.7. The third-order valence-electron chi connectivity index (χ3n) is 4.36. The number of nitrogens with zero attached hydrogens (tertiary/aromatic N) is 1. The summed E-state index contributed by atoms with van der Waals surface area (Å²) in [6.45, 7) is 1.19. The normalized spacial score (nSPS) is 21.2. The summed E-state index contributed by atoms with van der Waals surface area (Å²) in [5, 5.41) is 0. The second-order valence-corrected chi connectivity index (χ2v) is 5.80. The van der Waals surface area contributed by atoms with Gasteiger partial charge in [0.25, 0.3) is 0 Å². The molecule has 1 aromatic carbocycles. The van der Waals surface area contributed by atoms with Crippen LogP contribution >= 0.6 is 0 Å². The molecule has 2 aliphatic rings. The lowest BCUT2D eigenvalue weighted by atomic mass is 9.93.